The Morgan fingerprint density at radius 3 is 1.63 bits per heavy atom. The number of pyridine rings is 2. The van der Waals surface area contributed by atoms with E-state index in [4.69, 9.17) is 9.97 Å². The Hall–Kier alpha value is -7.22. The third-order valence-electron chi connectivity index (χ3n) is 8.79. The van der Waals surface area contributed by atoms with Crippen LogP contribution in [0.4, 0.5) is 11.6 Å². The molecule has 0 N–H and O–H groups in total. The molecule has 0 aliphatic carbocycles. The highest BCUT2D eigenvalue weighted by Gasteiger charge is 2.24. The van der Waals surface area contributed by atoms with Crippen molar-refractivity contribution in [3.05, 3.63) is 158 Å². The van der Waals surface area contributed by atoms with Gasteiger partial charge in [-0.05, 0) is 28.8 Å². The summed E-state index contributed by atoms with van der Waals surface area (Å²) >= 11 is 0. The number of hydrogen-bond donors (Lipinski definition) is 0. The van der Waals surface area contributed by atoms with Gasteiger partial charge in [-0.3, -0.25) is 29.3 Å². The zero-order chi connectivity index (χ0) is 34.9. The lowest BCUT2D eigenvalue weighted by atomic mass is 10.2. The molecule has 14 heteroatoms. The van der Waals surface area contributed by atoms with Gasteiger partial charge in [-0.1, -0.05) is 42.5 Å². The summed E-state index contributed by atoms with van der Waals surface area (Å²) in [6, 6.07) is 22.2. The Kier molecular flexibility index (Phi) is 7.85. The van der Waals surface area contributed by atoms with Gasteiger partial charge in [-0.15, -0.1) is 0 Å². The average Bonchev–Trinajstić information content (AvgIpc) is 4.01. The number of fused-ring (bicyclic) bond motifs is 2. The van der Waals surface area contributed by atoms with Crippen molar-refractivity contribution in [3.8, 4) is 22.3 Å². The van der Waals surface area contributed by atoms with Gasteiger partial charge < -0.3 is 0 Å². The summed E-state index contributed by atoms with van der Waals surface area (Å²) in [7, 11) is 1.90. The smallest absolute Gasteiger partial charge is 0.165 e. The van der Waals surface area contributed by atoms with Crippen LogP contribution in [0.3, 0.4) is 0 Å². The summed E-state index contributed by atoms with van der Waals surface area (Å²) in [5.74, 6) is 1.39. The van der Waals surface area contributed by atoms with Crippen molar-refractivity contribution < 1.29 is 0 Å². The first kappa shape index (κ1) is 30.8. The molecule has 8 aromatic heterocycles. The molecule has 1 aromatic carbocycles. The maximum Gasteiger partial charge on any atom is 0.165 e. The zero-order valence-corrected chi connectivity index (χ0v) is 28.2. The maximum absolute atomic E-state index is 5.26. The molecule has 0 aliphatic heterocycles. The van der Waals surface area contributed by atoms with Crippen LogP contribution in [0.5, 0.6) is 0 Å². The second-order valence-electron chi connectivity index (χ2n) is 12.4. The first-order chi connectivity index (χ1) is 25.6. The van der Waals surface area contributed by atoms with Crippen molar-refractivity contribution in [1.29, 1.82) is 0 Å². The Labute approximate surface area is 297 Å². The quantitative estimate of drug-likeness (QED) is 0.161. The van der Waals surface area contributed by atoms with E-state index in [-0.39, 0.29) is 0 Å². The van der Waals surface area contributed by atoms with Crippen LogP contribution in [0.1, 0.15) is 16.7 Å². The number of anilines is 2. The first-order valence-electron chi connectivity index (χ1n) is 16.7. The van der Waals surface area contributed by atoms with Gasteiger partial charge >= 0.3 is 0 Å². The summed E-state index contributed by atoms with van der Waals surface area (Å²) in [6.45, 7) is 1.58. The van der Waals surface area contributed by atoms with Gasteiger partial charge in [0.2, 0.25) is 0 Å². The highest BCUT2D eigenvalue weighted by atomic mass is 15.7. The predicted octanol–water partition coefficient (Wildman–Crippen LogP) is 5.50. The Morgan fingerprint density at radius 2 is 1.10 bits per heavy atom. The minimum Gasteiger partial charge on any atom is -0.275 e. The summed E-state index contributed by atoms with van der Waals surface area (Å²) in [5.41, 5.74) is 8.19. The lowest BCUT2D eigenvalue weighted by Gasteiger charge is -2.36. The molecule has 0 bridgehead atoms. The fourth-order valence-corrected chi connectivity index (χ4v) is 6.24. The van der Waals surface area contributed by atoms with Crippen molar-refractivity contribution in [2.45, 2.75) is 19.6 Å². The van der Waals surface area contributed by atoms with Crippen molar-refractivity contribution >= 4 is 22.9 Å². The lowest BCUT2D eigenvalue weighted by molar-refractivity contribution is 0.685. The second-order valence-corrected chi connectivity index (χ2v) is 12.4. The summed E-state index contributed by atoms with van der Waals surface area (Å²) < 4.78 is 7.27. The van der Waals surface area contributed by atoms with Gasteiger partial charge in [0.25, 0.3) is 0 Å². The van der Waals surface area contributed by atoms with Gasteiger partial charge in [-0.25, -0.2) is 19.0 Å². The Bertz CT molecular complexity index is 2590. The molecule has 0 fully saturated rings. The van der Waals surface area contributed by atoms with E-state index >= 15 is 0 Å². The maximum atomic E-state index is 5.26. The van der Waals surface area contributed by atoms with E-state index in [0.29, 0.717) is 42.6 Å². The van der Waals surface area contributed by atoms with E-state index < -0.39 is 0 Å². The van der Waals surface area contributed by atoms with Crippen LogP contribution in [0.25, 0.3) is 33.5 Å². The van der Waals surface area contributed by atoms with Crippen LogP contribution in [0, 0.1) is 0 Å². The molecule has 0 saturated heterocycles. The molecule has 254 valence electrons. The summed E-state index contributed by atoms with van der Waals surface area (Å²) in [4.78, 5) is 19.3. The number of hydrogen-bond acceptors (Lipinski definition) is 10. The van der Waals surface area contributed by atoms with Gasteiger partial charge in [0, 0.05) is 91.0 Å². The monoisotopic (exact) mass is 684 g/mol. The van der Waals surface area contributed by atoms with Gasteiger partial charge in [0.1, 0.15) is 0 Å². The van der Waals surface area contributed by atoms with Crippen LogP contribution in [0.2, 0.25) is 0 Å². The molecule has 0 radical (unpaired) electrons. The standard InChI is InChI=1S/C38H32N14/c1-47-26-31(19-41-47)33-21-43-49-15-11-35(45-37(33)49)51(24-29-9-5-13-39-17-29)52(25-30-10-6-14-40-18-30)36-12-16-50-38(46-36)34(22-44-50)32-20-42-48(27-32)23-28-7-3-2-4-8-28/h2-22,26-27H,23-25H2,1H3. The van der Waals surface area contributed by atoms with Crippen LogP contribution in [-0.2, 0) is 26.7 Å². The summed E-state index contributed by atoms with van der Waals surface area (Å²) in [6.07, 6.45) is 22.5. The van der Waals surface area contributed by atoms with E-state index in [9.17, 15) is 0 Å². The van der Waals surface area contributed by atoms with Crippen molar-refractivity contribution in [1.82, 2.24) is 58.7 Å². The zero-order valence-electron chi connectivity index (χ0n) is 28.2. The molecule has 9 aromatic rings. The normalized spacial score (nSPS) is 11.4. The molecular weight excluding hydrogens is 653 g/mol. The van der Waals surface area contributed by atoms with E-state index in [1.165, 1.54) is 5.56 Å². The van der Waals surface area contributed by atoms with E-state index in [1.807, 2.05) is 116 Å². The SMILES string of the molecule is Cn1cc(-c2cnn3ccc(N(Cc4cccnc4)N(Cc4cccnc4)c4ccn5ncc(-c6cnn(Cc7ccccc7)c6)c5n4)nc23)cn1. The van der Waals surface area contributed by atoms with Crippen molar-refractivity contribution in [2.75, 3.05) is 10.0 Å². The number of aryl methyl sites for hydroxylation is 1. The van der Waals surface area contributed by atoms with Crippen molar-refractivity contribution in [2.24, 2.45) is 7.05 Å². The Morgan fingerprint density at radius 1 is 0.538 bits per heavy atom. The van der Waals surface area contributed by atoms with Crippen LogP contribution < -0.4 is 10.0 Å². The third kappa shape index (κ3) is 6.08. The second kappa shape index (κ2) is 13.2. The van der Waals surface area contributed by atoms with Gasteiger partial charge in [-0.2, -0.15) is 20.4 Å². The minimum absolute atomic E-state index is 0.456. The van der Waals surface area contributed by atoms with Crippen LogP contribution >= 0.6 is 0 Å². The molecule has 0 atom stereocenters. The number of nitrogens with zero attached hydrogens (tertiary/aromatic N) is 14. The average molecular weight is 685 g/mol. The molecule has 9 rings (SSSR count). The molecule has 14 nitrogen and oxygen atoms in total. The lowest BCUT2D eigenvalue weighted by Crippen LogP contribution is -2.43. The van der Waals surface area contributed by atoms with Crippen LogP contribution in [-0.4, -0.2) is 58.7 Å². The molecule has 0 amide bonds. The predicted molar refractivity (Wildman–Crippen MR) is 196 cm³/mol. The minimum atomic E-state index is 0.456. The molecule has 8 heterocycles. The van der Waals surface area contributed by atoms with E-state index in [2.05, 4.69) is 64.6 Å². The largest absolute Gasteiger partial charge is 0.275 e. The highest BCUT2D eigenvalue weighted by Crippen LogP contribution is 2.30. The van der Waals surface area contributed by atoms with Gasteiger partial charge in [0.15, 0.2) is 22.9 Å². The van der Waals surface area contributed by atoms with Crippen LogP contribution in [0.15, 0.2) is 141 Å². The van der Waals surface area contributed by atoms with E-state index in [1.54, 1.807) is 26.1 Å². The fraction of sp³-hybridized carbons (Fsp3) is 0.105. The molecule has 0 spiro atoms. The van der Waals surface area contributed by atoms with E-state index in [0.717, 1.165) is 33.4 Å². The topological polar surface area (TPSA) is 128 Å². The molecule has 0 aliphatic rings. The number of aromatic nitrogens is 12. The number of hydrazine groups is 1. The number of rotatable bonds is 11. The van der Waals surface area contributed by atoms with Crippen molar-refractivity contribution in [3.63, 3.8) is 0 Å². The molecule has 52 heavy (non-hydrogen) atoms. The van der Waals surface area contributed by atoms with Gasteiger partial charge in [0.05, 0.1) is 44.4 Å². The Balaban J connectivity index is 1.16. The molecule has 0 saturated carbocycles. The summed E-state index contributed by atoms with van der Waals surface area (Å²) in [5, 5.41) is 22.5. The third-order valence-corrected chi connectivity index (χ3v) is 8.79. The first-order valence-corrected chi connectivity index (χ1v) is 16.7. The highest BCUT2D eigenvalue weighted by molar-refractivity contribution is 5.78. The molecular formula is C38H32N14. The molecule has 0 unspecified atom stereocenters. The fourth-order valence-electron chi connectivity index (χ4n) is 6.24. The number of benzene rings is 1.